The van der Waals surface area contributed by atoms with Gasteiger partial charge in [-0.25, -0.2) is 9.59 Å². The predicted molar refractivity (Wildman–Crippen MR) is 99.7 cm³/mol. The molecule has 2 unspecified atom stereocenters. The molecule has 2 saturated heterocycles. The van der Waals surface area contributed by atoms with Gasteiger partial charge in [0.05, 0.1) is 6.61 Å². The second-order valence-electron chi connectivity index (χ2n) is 7.03. The number of rotatable bonds is 8. The monoisotopic (exact) mass is 378 g/mol. The molecule has 0 aromatic carbocycles. The van der Waals surface area contributed by atoms with Crippen molar-refractivity contribution < 1.29 is 23.9 Å². The highest BCUT2D eigenvalue weighted by Gasteiger charge is 2.43. The Bertz CT molecular complexity index is 571. The third-order valence-electron chi connectivity index (χ3n) is 5.10. The molecule has 0 saturated carbocycles. The molecule has 2 atom stereocenters. The number of terminal acetylenes is 1. The zero-order valence-electron chi connectivity index (χ0n) is 16.2. The topological polar surface area (TPSA) is 76.2 Å². The first kappa shape index (κ1) is 21.1. The molecular weight excluding hydrogens is 348 g/mol. The van der Waals surface area contributed by atoms with Crippen molar-refractivity contribution in [1.29, 1.82) is 0 Å². The number of likely N-dealkylation sites (tertiary alicyclic amines) is 2. The van der Waals surface area contributed by atoms with Crippen molar-refractivity contribution in [2.24, 2.45) is 0 Å². The van der Waals surface area contributed by atoms with Gasteiger partial charge in [0.25, 0.3) is 0 Å². The van der Waals surface area contributed by atoms with Crippen molar-refractivity contribution >= 4 is 18.0 Å². The molecular formula is C20H30N2O5. The summed E-state index contributed by atoms with van der Waals surface area (Å²) in [7, 11) is 0. The van der Waals surface area contributed by atoms with Crippen LogP contribution < -0.4 is 0 Å². The fourth-order valence-corrected chi connectivity index (χ4v) is 3.69. The SMILES string of the molecule is C#CCOC(=O)N1CCCC1C(=O)N1CCCC1C(=O)OCCCCCC. The number of esters is 1. The smallest absolute Gasteiger partial charge is 0.411 e. The van der Waals surface area contributed by atoms with E-state index in [0.29, 0.717) is 32.5 Å². The Hall–Kier alpha value is -2.23. The maximum Gasteiger partial charge on any atom is 0.411 e. The van der Waals surface area contributed by atoms with Crippen LogP contribution in [-0.2, 0) is 19.1 Å². The molecule has 2 aliphatic rings. The highest BCUT2D eigenvalue weighted by molar-refractivity contribution is 5.90. The van der Waals surface area contributed by atoms with Crippen molar-refractivity contribution in [3.63, 3.8) is 0 Å². The molecule has 2 fully saturated rings. The summed E-state index contributed by atoms with van der Waals surface area (Å²) in [4.78, 5) is 40.5. The summed E-state index contributed by atoms with van der Waals surface area (Å²) in [5.74, 6) is 1.71. The second-order valence-corrected chi connectivity index (χ2v) is 7.03. The van der Waals surface area contributed by atoms with Gasteiger partial charge in [0.2, 0.25) is 5.91 Å². The Morgan fingerprint density at radius 3 is 2.41 bits per heavy atom. The van der Waals surface area contributed by atoms with Crippen molar-refractivity contribution in [3.8, 4) is 12.3 Å². The first-order valence-electron chi connectivity index (χ1n) is 9.94. The Morgan fingerprint density at radius 2 is 1.70 bits per heavy atom. The van der Waals surface area contributed by atoms with E-state index in [1.807, 2.05) is 0 Å². The molecule has 7 nitrogen and oxygen atoms in total. The van der Waals surface area contributed by atoms with Gasteiger partial charge in [0, 0.05) is 13.1 Å². The summed E-state index contributed by atoms with van der Waals surface area (Å²) in [6.45, 7) is 3.37. The second kappa shape index (κ2) is 10.8. The fraction of sp³-hybridized carbons (Fsp3) is 0.750. The lowest BCUT2D eigenvalue weighted by atomic mass is 10.1. The van der Waals surface area contributed by atoms with Gasteiger partial charge in [-0.1, -0.05) is 32.1 Å². The van der Waals surface area contributed by atoms with Gasteiger partial charge in [-0.2, -0.15) is 0 Å². The van der Waals surface area contributed by atoms with Crippen LogP contribution in [0.1, 0.15) is 58.3 Å². The molecule has 2 amide bonds. The first-order chi connectivity index (χ1) is 13.1. The quantitative estimate of drug-likeness (QED) is 0.368. The zero-order valence-corrected chi connectivity index (χ0v) is 16.2. The van der Waals surface area contributed by atoms with Gasteiger partial charge in [-0.05, 0) is 32.1 Å². The van der Waals surface area contributed by atoms with E-state index in [-0.39, 0.29) is 18.5 Å². The summed E-state index contributed by atoms with van der Waals surface area (Å²) >= 11 is 0. The lowest BCUT2D eigenvalue weighted by Crippen LogP contribution is -2.51. The third kappa shape index (κ3) is 5.62. The lowest BCUT2D eigenvalue weighted by Gasteiger charge is -2.30. The molecule has 7 heteroatoms. The van der Waals surface area contributed by atoms with Crippen molar-refractivity contribution in [3.05, 3.63) is 0 Å². The molecule has 0 radical (unpaired) electrons. The van der Waals surface area contributed by atoms with Crippen LogP contribution in [0.2, 0.25) is 0 Å². The number of nitrogens with zero attached hydrogens (tertiary/aromatic N) is 2. The third-order valence-corrected chi connectivity index (χ3v) is 5.10. The van der Waals surface area contributed by atoms with Crippen molar-refractivity contribution in [1.82, 2.24) is 9.80 Å². The van der Waals surface area contributed by atoms with Crippen LogP contribution in [0.4, 0.5) is 4.79 Å². The van der Waals surface area contributed by atoms with Crippen LogP contribution in [0, 0.1) is 12.3 Å². The van der Waals surface area contributed by atoms with E-state index in [1.165, 1.54) is 4.90 Å². The van der Waals surface area contributed by atoms with E-state index in [2.05, 4.69) is 12.8 Å². The normalized spacial score (nSPS) is 21.8. The van der Waals surface area contributed by atoms with Crippen LogP contribution in [0.25, 0.3) is 0 Å². The lowest BCUT2D eigenvalue weighted by molar-refractivity contribution is -0.154. The Kier molecular flexibility index (Phi) is 8.43. The minimum Gasteiger partial charge on any atom is -0.464 e. The maximum absolute atomic E-state index is 13.0. The van der Waals surface area contributed by atoms with E-state index < -0.39 is 18.2 Å². The van der Waals surface area contributed by atoms with Gasteiger partial charge in [-0.3, -0.25) is 9.69 Å². The molecule has 2 aliphatic heterocycles. The highest BCUT2D eigenvalue weighted by Crippen LogP contribution is 2.26. The molecule has 2 rings (SSSR count). The standard InChI is InChI=1S/C20H30N2O5/c1-3-5-6-7-15-26-19(24)17-11-9-12-21(17)18(23)16-10-8-13-22(16)20(25)27-14-4-2/h2,16-17H,3,5-15H2,1H3. The molecule has 0 N–H and O–H groups in total. The first-order valence-corrected chi connectivity index (χ1v) is 9.94. The Balaban J connectivity index is 1.90. The molecule has 0 aliphatic carbocycles. The molecule has 0 aromatic heterocycles. The number of carbonyl (C=O) groups is 3. The van der Waals surface area contributed by atoms with Gasteiger partial charge >= 0.3 is 12.1 Å². The summed E-state index contributed by atoms with van der Waals surface area (Å²) in [6, 6.07) is -1.14. The molecule has 0 spiro atoms. The number of carbonyl (C=O) groups excluding carboxylic acids is 3. The molecule has 150 valence electrons. The van der Waals surface area contributed by atoms with Crippen LogP contribution >= 0.6 is 0 Å². The van der Waals surface area contributed by atoms with E-state index in [1.54, 1.807) is 4.90 Å². The molecule has 2 heterocycles. The summed E-state index contributed by atoms with van der Waals surface area (Å²) in [6.07, 6.45) is 11.3. The summed E-state index contributed by atoms with van der Waals surface area (Å²) < 4.78 is 10.3. The fourth-order valence-electron chi connectivity index (χ4n) is 3.69. The minimum atomic E-state index is -0.590. The number of amides is 2. The minimum absolute atomic E-state index is 0.118. The Morgan fingerprint density at radius 1 is 1.00 bits per heavy atom. The van der Waals surface area contributed by atoms with Gasteiger partial charge < -0.3 is 14.4 Å². The van der Waals surface area contributed by atoms with E-state index >= 15 is 0 Å². The van der Waals surface area contributed by atoms with Gasteiger partial charge in [0.1, 0.15) is 12.1 Å². The van der Waals surface area contributed by atoms with E-state index in [9.17, 15) is 14.4 Å². The molecule has 27 heavy (non-hydrogen) atoms. The maximum atomic E-state index is 13.0. The van der Waals surface area contributed by atoms with Crippen LogP contribution in [0.5, 0.6) is 0 Å². The number of hydrogen-bond donors (Lipinski definition) is 0. The number of unbranched alkanes of at least 4 members (excludes halogenated alkanes) is 3. The number of ether oxygens (including phenoxy) is 2. The predicted octanol–water partition coefficient (Wildman–Crippen LogP) is 2.34. The average molecular weight is 378 g/mol. The van der Waals surface area contributed by atoms with Crippen LogP contribution in [0.3, 0.4) is 0 Å². The summed E-state index contributed by atoms with van der Waals surface area (Å²) in [5.41, 5.74) is 0. The highest BCUT2D eigenvalue weighted by atomic mass is 16.6. The van der Waals surface area contributed by atoms with Crippen LogP contribution in [0.15, 0.2) is 0 Å². The van der Waals surface area contributed by atoms with Gasteiger partial charge in [-0.15, -0.1) is 6.42 Å². The zero-order chi connectivity index (χ0) is 19.6. The van der Waals surface area contributed by atoms with E-state index in [4.69, 9.17) is 15.9 Å². The number of hydrogen-bond acceptors (Lipinski definition) is 5. The van der Waals surface area contributed by atoms with Crippen LogP contribution in [-0.4, -0.2) is 66.2 Å². The molecule has 0 aromatic rings. The molecule has 0 bridgehead atoms. The van der Waals surface area contributed by atoms with Crippen molar-refractivity contribution in [2.75, 3.05) is 26.3 Å². The van der Waals surface area contributed by atoms with E-state index in [0.717, 1.165) is 38.5 Å². The van der Waals surface area contributed by atoms with Crippen molar-refractivity contribution in [2.45, 2.75) is 70.4 Å². The van der Waals surface area contributed by atoms with Gasteiger partial charge in [0.15, 0.2) is 6.61 Å². The summed E-state index contributed by atoms with van der Waals surface area (Å²) in [5, 5.41) is 0. The largest absolute Gasteiger partial charge is 0.464 e. The average Bonchev–Trinajstić information content (AvgIpc) is 3.34. The Labute approximate surface area is 161 Å².